The largest absolute Gasteiger partial charge is 0.446 e. The third-order valence-electron chi connectivity index (χ3n) is 2.79. The fraction of sp³-hybridized carbons (Fsp3) is 0.286. The standard InChI is InChI=1S/C14H14N2O3/c1-3-10(2)19-13(17)11-4-6-12(7-5-11)16-9-8-15-14(16)18/h1,4-7,10H,8-9H2,2H3,(H,15,18). The molecule has 0 saturated carbocycles. The number of urea groups is 1. The number of hydrogen-bond acceptors (Lipinski definition) is 3. The highest BCUT2D eigenvalue weighted by Crippen LogP contribution is 2.17. The van der Waals surface area contributed by atoms with Crippen molar-refractivity contribution < 1.29 is 14.3 Å². The number of rotatable bonds is 3. The molecule has 1 aliphatic rings. The Bertz CT molecular complexity index is 531. The summed E-state index contributed by atoms with van der Waals surface area (Å²) in [5.74, 6) is 1.85. The van der Waals surface area contributed by atoms with E-state index in [1.54, 1.807) is 36.1 Å². The van der Waals surface area contributed by atoms with Crippen LogP contribution in [0.2, 0.25) is 0 Å². The van der Waals surface area contributed by atoms with Gasteiger partial charge < -0.3 is 10.1 Å². The number of ether oxygens (including phenoxy) is 1. The first-order valence-corrected chi connectivity index (χ1v) is 5.94. The summed E-state index contributed by atoms with van der Waals surface area (Å²) >= 11 is 0. The summed E-state index contributed by atoms with van der Waals surface area (Å²) in [6, 6.07) is 6.53. The molecule has 2 rings (SSSR count). The molecular weight excluding hydrogens is 244 g/mol. The van der Waals surface area contributed by atoms with Gasteiger partial charge in [-0.25, -0.2) is 9.59 Å². The Kier molecular flexibility index (Phi) is 3.71. The van der Waals surface area contributed by atoms with E-state index in [4.69, 9.17) is 11.2 Å². The van der Waals surface area contributed by atoms with Crippen LogP contribution >= 0.6 is 0 Å². The van der Waals surface area contributed by atoms with Crippen molar-refractivity contribution in [3.05, 3.63) is 29.8 Å². The molecule has 1 aromatic carbocycles. The summed E-state index contributed by atoms with van der Waals surface area (Å²) in [5.41, 5.74) is 1.15. The Morgan fingerprint density at radius 1 is 1.47 bits per heavy atom. The normalized spacial score (nSPS) is 15.6. The highest BCUT2D eigenvalue weighted by molar-refractivity contribution is 5.95. The molecule has 0 aliphatic carbocycles. The second kappa shape index (κ2) is 5.44. The van der Waals surface area contributed by atoms with Crippen molar-refractivity contribution in [3.63, 3.8) is 0 Å². The average Bonchev–Trinajstić information content (AvgIpc) is 2.85. The van der Waals surface area contributed by atoms with Gasteiger partial charge in [-0.05, 0) is 31.2 Å². The Labute approximate surface area is 111 Å². The molecule has 5 nitrogen and oxygen atoms in total. The fourth-order valence-corrected chi connectivity index (χ4v) is 1.76. The Morgan fingerprint density at radius 2 is 2.16 bits per heavy atom. The minimum absolute atomic E-state index is 0.128. The summed E-state index contributed by atoms with van der Waals surface area (Å²) in [6.45, 7) is 2.87. The first kappa shape index (κ1) is 13.0. The van der Waals surface area contributed by atoms with Crippen LogP contribution in [0.4, 0.5) is 10.5 Å². The summed E-state index contributed by atoms with van der Waals surface area (Å²) < 4.78 is 5.00. The van der Waals surface area contributed by atoms with Gasteiger partial charge in [-0.1, -0.05) is 5.92 Å². The Hall–Kier alpha value is -2.48. The van der Waals surface area contributed by atoms with Crippen LogP contribution in [-0.4, -0.2) is 31.2 Å². The molecule has 98 valence electrons. The van der Waals surface area contributed by atoms with E-state index in [-0.39, 0.29) is 6.03 Å². The average molecular weight is 258 g/mol. The van der Waals surface area contributed by atoms with Crippen molar-refractivity contribution in [1.82, 2.24) is 5.32 Å². The summed E-state index contributed by atoms with van der Waals surface area (Å²) in [5, 5.41) is 2.71. The zero-order chi connectivity index (χ0) is 13.8. The molecular formula is C14H14N2O3. The van der Waals surface area contributed by atoms with E-state index >= 15 is 0 Å². The van der Waals surface area contributed by atoms with Gasteiger partial charge in [-0.15, -0.1) is 6.42 Å². The monoisotopic (exact) mass is 258 g/mol. The van der Waals surface area contributed by atoms with Gasteiger partial charge in [0.25, 0.3) is 0 Å². The number of hydrogen-bond donors (Lipinski definition) is 1. The molecule has 1 N–H and O–H groups in total. The van der Waals surface area contributed by atoms with E-state index in [1.165, 1.54) is 0 Å². The van der Waals surface area contributed by atoms with Gasteiger partial charge in [0.15, 0.2) is 6.10 Å². The summed E-state index contributed by atoms with van der Waals surface area (Å²) in [7, 11) is 0. The highest BCUT2D eigenvalue weighted by atomic mass is 16.5. The van der Waals surface area contributed by atoms with Crippen molar-refractivity contribution in [2.45, 2.75) is 13.0 Å². The van der Waals surface area contributed by atoms with Crippen molar-refractivity contribution in [2.24, 2.45) is 0 Å². The van der Waals surface area contributed by atoms with Gasteiger partial charge in [0, 0.05) is 18.8 Å². The maximum absolute atomic E-state index is 11.7. The van der Waals surface area contributed by atoms with E-state index in [9.17, 15) is 9.59 Å². The van der Waals surface area contributed by atoms with Gasteiger partial charge in [0.2, 0.25) is 0 Å². The molecule has 0 aromatic heterocycles. The van der Waals surface area contributed by atoms with Crippen LogP contribution in [0, 0.1) is 12.3 Å². The lowest BCUT2D eigenvalue weighted by Crippen LogP contribution is -2.27. The number of terminal acetylenes is 1. The zero-order valence-electron chi connectivity index (χ0n) is 10.6. The molecule has 1 unspecified atom stereocenters. The van der Waals surface area contributed by atoms with E-state index in [0.717, 1.165) is 5.69 Å². The van der Waals surface area contributed by atoms with Gasteiger partial charge in [0.05, 0.1) is 5.56 Å². The molecule has 19 heavy (non-hydrogen) atoms. The van der Waals surface area contributed by atoms with Crippen LogP contribution in [0.25, 0.3) is 0 Å². The molecule has 0 radical (unpaired) electrons. The maximum atomic E-state index is 11.7. The molecule has 1 aromatic rings. The highest BCUT2D eigenvalue weighted by Gasteiger charge is 2.21. The quantitative estimate of drug-likeness (QED) is 0.658. The molecule has 2 amide bonds. The van der Waals surface area contributed by atoms with Crippen LogP contribution in [0.3, 0.4) is 0 Å². The first-order valence-electron chi connectivity index (χ1n) is 5.94. The number of anilines is 1. The number of benzene rings is 1. The smallest absolute Gasteiger partial charge is 0.339 e. The lowest BCUT2D eigenvalue weighted by molar-refractivity contribution is 0.0439. The van der Waals surface area contributed by atoms with Gasteiger partial charge in [-0.3, -0.25) is 4.90 Å². The predicted molar refractivity (Wildman–Crippen MR) is 70.9 cm³/mol. The minimum atomic E-state index is -0.559. The topological polar surface area (TPSA) is 58.6 Å². The van der Waals surface area contributed by atoms with Crippen molar-refractivity contribution in [1.29, 1.82) is 0 Å². The van der Waals surface area contributed by atoms with E-state index in [2.05, 4.69) is 11.2 Å². The SMILES string of the molecule is C#CC(C)OC(=O)c1ccc(N2CCNC2=O)cc1. The van der Waals surface area contributed by atoms with Crippen molar-refractivity contribution in [2.75, 3.05) is 18.0 Å². The summed E-state index contributed by atoms with van der Waals surface area (Å²) in [4.78, 5) is 24.8. The van der Waals surface area contributed by atoms with E-state index < -0.39 is 12.1 Å². The number of nitrogens with zero attached hydrogens (tertiary/aromatic N) is 1. The van der Waals surface area contributed by atoms with Crippen LogP contribution in [0.1, 0.15) is 17.3 Å². The number of carbonyl (C=O) groups excluding carboxylic acids is 2. The van der Waals surface area contributed by atoms with E-state index in [0.29, 0.717) is 18.7 Å². The number of carbonyl (C=O) groups is 2. The Morgan fingerprint density at radius 3 is 2.68 bits per heavy atom. The minimum Gasteiger partial charge on any atom is -0.446 e. The van der Waals surface area contributed by atoms with Gasteiger partial charge in [0.1, 0.15) is 0 Å². The number of nitrogens with one attached hydrogen (secondary N) is 1. The third-order valence-corrected chi connectivity index (χ3v) is 2.79. The lowest BCUT2D eigenvalue weighted by Gasteiger charge is -2.14. The Balaban J connectivity index is 2.08. The first-order chi connectivity index (χ1) is 9.11. The fourth-order valence-electron chi connectivity index (χ4n) is 1.76. The molecule has 0 bridgehead atoms. The molecule has 5 heteroatoms. The maximum Gasteiger partial charge on any atom is 0.339 e. The lowest BCUT2D eigenvalue weighted by atomic mass is 10.2. The van der Waals surface area contributed by atoms with Crippen LogP contribution < -0.4 is 10.2 Å². The van der Waals surface area contributed by atoms with Crippen LogP contribution in [-0.2, 0) is 4.74 Å². The van der Waals surface area contributed by atoms with Gasteiger partial charge >= 0.3 is 12.0 Å². The zero-order valence-corrected chi connectivity index (χ0v) is 10.6. The molecule has 1 heterocycles. The van der Waals surface area contributed by atoms with Crippen LogP contribution in [0.15, 0.2) is 24.3 Å². The molecule has 1 saturated heterocycles. The van der Waals surface area contributed by atoms with Crippen molar-refractivity contribution in [3.8, 4) is 12.3 Å². The predicted octanol–water partition coefficient (Wildman–Crippen LogP) is 1.39. The second-order valence-electron chi connectivity index (χ2n) is 4.14. The summed E-state index contributed by atoms with van der Waals surface area (Å²) in [6.07, 6.45) is 4.58. The van der Waals surface area contributed by atoms with E-state index in [1.807, 2.05) is 0 Å². The van der Waals surface area contributed by atoms with Crippen LogP contribution in [0.5, 0.6) is 0 Å². The molecule has 0 spiro atoms. The third kappa shape index (κ3) is 2.86. The molecule has 1 aliphatic heterocycles. The molecule has 1 atom stereocenters. The van der Waals surface area contributed by atoms with Gasteiger partial charge in [-0.2, -0.15) is 0 Å². The number of amides is 2. The number of esters is 1. The van der Waals surface area contributed by atoms with Crippen molar-refractivity contribution >= 4 is 17.7 Å². The molecule has 1 fully saturated rings. The second-order valence-corrected chi connectivity index (χ2v) is 4.14.